The molecule has 0 saturated heterocycles. The van der Waals surface area contributed by atoms with Crippen molar-refractivity contribution in [3.05, 3.63) is 0 Å². The molecule has 0 amide bonds. The Bertz CT molecular complexity index is 163. The van der Waals surface area contributed by atoms with Crippen LogP contribution in [0.4, 0.5) is 0 Å². The Kier molecular flexibility index (Phi) is 4.69. The number of nitrogens with zero attached hydrogens (tertiary/aromatic N) is 4. The van der Waals surface area contributed by atoms with E-state index in [0.29, 0.717) is 0 Å². The van der Waals surface area contributed by atoms with E-state index in [1.165, 1.54) is 4.90 Å². The molecule has 0 rings (SSSR count). The Morgan fingerprint density at radius 1 is 0.800 bits per heavy atom. The van der Waals surface area contributed by atoms with E-state index in [1.54, 1.807) is 0 Å². The topological polar surface area (TPSA) is 74.6 Å². The van der Waals surface area contributed by atoms with E-state index in [0.717, 1.165) is 0 Å². The molecule has 0 aliphatic rings. The standard InChI is InChI=1S/C6H6N4/c7-1-4-10(5-2-8)6-3-9/h4-6H2. The molecule has 4 heteroatoms. The van der Waals surface area contributed by atoms with E-state index in [2.05, 4.69) is 0 Å². The van der Waals surface area contributed by atoms with Crippen LogP contribution in [0.2, 0.25) is 0 Å². The maximum Gasteiger partial charge on any atom is 0.0882 e. The SMILES string of the molecule is N#CCN(CC#N)CC#N. The molecular weight excluding hydrogens is 128 g/mol. The minimum Gasteiger partial charge on any atom is -0.264 e. The van der Waals surface area contributed by atoms with Gasteiger partial charge in [0.15, 0.2) is 0 Å². The molecule has 0 unspecified atom stereocenters. The summed E-state index contributed by atoms with van der Waals surface area (Å²) in [6.45, 7) is 0.420. The number of rotatable bonds is 3. The first kappa shape index (κ1) is 8.43. The van der Waals surface area contributed by atoms with E-state index >= 15 is 0 Å². The molecule has 0 bridgehead atoms. The van der Waals surface area contributed by atoms with Gasteiger partial charge < -0.3 is 0 Å². The molecule has 0 aliphatic heterocycles. The molecule has 0 fully saturated rings. The van der Waals surface area contributed by atoms with Crippen molar-refractivity contribution in [3.63, 3.8) is 0 Å². The van der Waals surface area contributed by atoms with E-state index in [-0.39, 0.29) is 19.6 Å². The second-order valence-electron chi connectivity index (χ2n) is 1.62. The van der Waals surface area contributed by atoms with Gasteiger partial charge in [-0.3, -0.25) is 4.90 Å². The molecule has 0 aliphatic carbocycles. The lowest BCUT2D eigenvalue weighted by Gasteiger charge is -2.07. The number of hydrogen-bond donors (Lipinski definition) is 0. The van der Waals surface area contributed by atoms with Gasteiger partial charge in [0.25, 0.3) is 0 Å². The van der Waals surface area contributed by atoms with Crippen LogP contribution in [0.3, 0.4) is 0 Å². The van der Waals surface area contributed by atoms with Gasteiger partial charge >= 0.3 is 0 Å². The molecule has 0 saturated carbocycles. The average molecular weight is 134 g/mol. The van der Waals surface area contributed by atoms with Crippen molar-refractivity contribution in [2.45, 2.75) is 0 Å². The van der Waals surface area contributed by atoms with Crippen molar-refractivity contribution < 1.29 is 0 Å². The molecular formula is C6H6N4. The molecule has 0 aromatic carbocycles. The Morgan fingerprint density at radius 2 is 1.10 bits per heavy atom. The number of nitriles is 3. The van der Waals surface area contributed by atoms with Crippen LogP contribution in [0.5, 0.6) is 0 Å². The minimum absolute atomic E-state index is 0.140. The third kappa shape index (κ3) is 3.43. The third-order valence-electron chi connectivity index (χ3n) is 0.883. The third-order valence-corrected chi connectivity index (χ3v) is 0.883. The molecule has 0 aromatic heterocycles. The van der Waals surface area contributed by atoms with Gasteiger partial charge in [-0.15, -0.1) is 0 Å². The van der Waals surface area contributed by atoms with Gasteiger partial charge in [0.1, 0.15) is 0 Å². The summed E-state index contributed by atoms with van der Waals surface area (Å²) in [5, 5.41) is 24.5. The van der Waals surface area contributed by atoms with Crippen LogP contribution in [0, 0.1) is 34.0 Å². The summed E-state index contributed by atoms with van der Waals surface area (Å²) in [7, 11) is 0. The lowest BCUT2D eigenvalue weighted by molar-refractivity contribution is 0.385. The van der Waals surface area contributed by atoms with Crippen molar-refractivity contribution in [2.24, 2.45) is 0 Å². The van der Waals surface area contributed by atoms with Gasteiger partial charge in [-0.05, 0) is 0 Å². The quantitative estimate of drug-likeness (QED) is 0.503. The summed E-state index contributed by atoms with van der Waals surface area (Å²) in [4.78, 5) is 1.46. The number of hydrogen-bond acceptors (Lipinski definition) is 4. The summed E-state index contributed by atoms with van der Waals surface area (Å²) < 4.78 is 0. The molecule has 0 atom stereocenters. The molecule has 0 spiro atoms. The zero-order valence-electron chi connectivity index (χ0n) is 5.41. The first-order valence-corrected chi connectivity index (χ1v) is 2.68. The zero-order chi connectivity index (χ0) is 7.82. The van der Waals surface area contributed by atoms with Gasteiger partial charge in [0, 0.05) is 0 Å². The van der Waals surface area contributed by atoms with Gasteiger partial charge in [-0.2, -0.15) is 15.8 Å². The highest BCUT2D eigenvalue weighted by Gasteiger charge is 1.99. The van der Waals surface area contributed by atoms with Crippen molar-refractivity contribution in [1.82, 2.24) is 4.90 Å². The molecule has 0 N–H and O–H groups in total. The minimum atomic E-state index is 0.140. The molecule has 0 heterocycles. The highest BCUT2D eigenvalue weighted by Crippen LogP contribution is 1.82. The fourth-order valence-electron chi connectivity index (χ4n) is 0.468. The summed E-state index contributed by atoms with van der Waals surface area (Å²) in [6.07, 6.45) is 0. The van der Waals surface area contributed by atoms with Crippen LogP contribution in [-0.2, 0) is 0 Å². The Labute approximate surface area is 59.5 Å². The lowest BCUT2D eigenvalue weighted by Crippen LogP contribution is -2.24. The van der Waals surface area contributed by atoms with Crippen molar-refractivity contribution >= 4 is 0 Å². The molecule has 4 nitrogen and oxygen atoms in total. The zero-order valence-corrected chi connectivity index (χ0v) is 5.41. The van der Waals surface area contributed by atoms with Gasteiger partial charge in [0.05, 0.1) is 37.8 Å². The molecule has 0 aromatic rings. The fraction of sp³-hybridized carbons (Fsp3) is 0.500. The predicted molar refractivity (Wildman–Crippen MR) is 33.3 cm³/mol. The van der Waals surface area contributed by atoms with Gasteiger partial charge in [-0.1, -0.05) is 0 Å². The van der Waals surface area contributed by atoms with E-state index in [4.69, 9.17) is 15.8 Å². The molecule has 50 valence electrons. The van der Waals surface area contributed by atoms with Crippen LogP contribution in [-0.4, -0.2) is 24.5 Å². The summed E-state index contributed by atoms with van der Waals surface area (Å²) in [5.41, 5.74) is 0. The lowest BCUT2D eigenvalue weighted by atomic mass is 10.5. The summed E-state index contributed by atoms with van der Waals surface area (Å²) >= 11 is 0. The Hall–Kier alpha value is -1.57. The van der Waals surface area contributed by atoms with Crippen LogP contribution < -0.4 is 0 Å². The highest BCUT2D eigenvalue weighted by atomic mass is 15.1. The van der Waals surface area contributed by atoms with Crippen molar-refractivity contribution in [2.75, 3.05) is 19.6 Å². The maximum absolute atomic E-state index is 8.18. The predicted octanol–water partition coefficient (Wildman–Crippen LogP) is -0.141. The van der Waals surface area contributed by atoms with E-state index in [9.17, 15) is 0 Å². The first-order valence-electron chi connectivity index (χ1n) is 2.68. The molecule has 10 heavy (non-hydrogen) atoms. The summed E-state index contributed by atoms with van der Waals surface area (Å²) in [5.74, 6) is 0. The monoisotopic (exact) mass is 134 g/mol. The molecule has 0 radical (unpaired) electrons. The van der Waals surface area contributed by atoms with Crippen molar-refractivity contribution in [3.8, 4) is 18.2 Å². The van der Waals surface area contributed by atoms with Crippen LogP contribution in [0.25, 0.3) is 0 Å². The largest absolute Gasteiger partial charge is 0.264 e. The fourth-order valence-corrected chi connectivity index (χ4v) is 0.468. The van der Waals surface area contributed by atoms with E-state index in [1.807, 2.05) is 18.2 Å². The second kappa shape index (κ2) is 5.56. The average Bonchev–Trinajstić information content (AvgIpc) is 1.90. The van der Waals surface area contributed by atoms with Crippen LogP contribution >= 0.6 is 0 Å². The van der Waals surface area contributed by atoms with Crippen LogP contribution in [0.1, 0.15) is 0 Å². The van der Waals surface area contributed by atoms with Gasteiger partial charge in [0.2, 0.25) is 0 Å². The highest BCUT2D eigenvalue weighted by molar-refractivity contribution is 4.88. The smallest absolute Gasteiger partial charge is 0.0882 e. The van der Waals surface area contributed by atoms with Gasteiger partial charge in [-0.25, -0.2) is 0 Å². The van der Waals surface area contributed by atoms with Crippen LogP contribution in [0.15, 0.2) is 0 Å². The maximum atomic E-state index is 8.18. The van der Waals surface area contributed by atoms with Crippen molar-refractivity contribution in [1.29, 1.82) is 15.8 Å². The second-order valence-corrected chi connectivity index (χ2v) is 1.62. The normalized spacial score (nSPS) is 7.80. The summed E-state index contributed by atoms with van der Waals surface area (Å²) in [6, 6.07) is 5.58. The van der Waals surface area contributed by atoms with E-state index < -0.39 is 0 Å². The Morgan fingerprint density at radius 3 is 1.30 bits per heavy atom. The first-order chi connectivity index (χ1) is 4.85. The Balaban J connectivity index is 3.68.